The number of nitrogens with one attached hydrogen (secondary N) is 1. The Morgan fingerprint density at radius 1 is 1.43 bits per heavy atom. The first-order valence-electron chi connectivity index (χ1n) is 6.45. The van der Waals surface area contributed by atoms with Crippen molar-refractivity contribution in [3.8, 4) is 5.69 Å². The lowest BCUT2D eigenvalue weighted by atomic mass is 10.2. The van der Waals surface area contributed by atoms with E-state index in [-0.39, 0.29) is 11.8 Å². The maximum atomic E-state index is 11.1. The second kappa shape index (κ2) is 4.97. The summed E-state index contributed by atoms with van der Waals surface area (Å²) >= 11 is 0. The van der Waals surface area contributed by atoms with Gasteiger partial charge in [0.1, 0.15) is 0 Å². The van der Waals surface area contributed by atoms with Crippen LogP contribution in [0.4, 0.5) is 5.69 Å². The smallest absolute Gasteiger partial charge is 0.307 e. The molecule has 2 N–H and O–H groups in total. The van der Waals surface area contributed by atoms with Crippen LogP contribution in [0.2, 0.25) is 0 Å². The van der Waals surface area contributed by atoms with Gasteiger partial charge in [0, 0.05) is 18.5 Å². The van der Waals surface area contributed by atoms with Crippen LogP contribution in [0.15, 0.2) is 24.3 Å². The van der Waals surface area contributed by atoms with Gasteiger partial charge in [0.25, 0.3) is 0 Å². The maximum Gasteiger partial charge on any atom is 0.307 e. The molecule has 0 aliphatic heterocycles. The van der Waals surface area contributed by atoms with Crippen LogP contribution < -0.4 is 5.32 Å². The highest BCUT2D eigenvalue weighted by Gasteiger charge is 2.47. The number of nitrogens with zero attached hydrogens (tertiary/aromatic N) is 4. The Balaban J connectivity index is 1.90. The Bertz CT molecular complexity index is 711. The third kappa shape index (κ3) is 2.60. The fourth-order valence-corrected chi connectivity index (χ4v) is 2.28. The molecule has 1 fully saturated rings. The first kappa shape index (κ1) is 13.2. The normalized spacial score (nSPS) is 20.0. The van der Waals surface area contributed by atoms with E-state index in [1.807, 2.05) is 0 Å². The van der Waals surface area contributed by atoms with Crippen LogP contribution in [0, 0.1) is 5.92 Å². The van der Waals surface area contributed by atoms with Gasteiger partial charge < -0.3 is 10.4 Å². The summed E-state index contributed by atoms with van der Waals surface area (Å²) < 4.78 is 1.51. The molecule has 108 valence electrons. The van der Waals surface area contributed by atoms with Crippen LogP contribution >= 0.6 is 0 Å². The Labute approximate surface area is 119 Å². The minimum absolute atomic E-state index is 0.165. The zero-order chi connectivity index (χ0) is 15.0. The molecule has 1 amide bonds. The predicted molar refractivity (Wildman–Crippen MR) is 71.9 cm³/mol. The Morgan fingerprint density at radius 2 is 2.24 bits per heavy atom. The number of carbonyl (C=O) groups excluding carboxylic acids is 1. The van der Waals surface area contributed by atoms with E-state index in [1.165, 1.54) is 11.6 Å². The van der Waals surface area contributed by atoms with E-state index in [9.17, 15) is 9.59 Å². The van der Waals surface area contributed by atoms with Crippen LogP contribution in [-0.4, -0.2) is 37.2 Å². The third-order valence-corrected chi connectivity index (χ3v) is 3.34. The molecule has 2 unspecified atom stereocenters. The van der Waals surface area contributed by atoms with Crippen molar-refractivity contribution >= 4 is 17.6 Å². The van der Waals surface area contributed by atoms with Crippen LogP contribution in [0.3, 0.4) is 0 Å². The maximum absolute atomic E-state index is 11.1. The number of anilines is 1. The number of rotatable bonds is 4. The Morgan fingerprint density at radius 3 is 2.90 bits per heavy atom. The second-order valence-electron chi connectivity index (χ2n) is 4.97. The van der Waals surface area contributed by atoms with Gasteiger partial charge >= 0.3 is 5.97 Å². The van der Waals surface area contributed by atoms with Crippen molar-refractivity contribution < 1.29 is 14.7 Å². The second-order valence-corrected chi connectivity index (χ2v) is 4.97. The molecule has 21 heavy (non-hydrogen) atoms. The van der Waals surface area contributed by atoms with E-state index < -0.39 is 11.9 Å². The summed E-state index contributed by atoms with van der Waals surface area (Å²) in [5.41, 5.74) is 1.31. The summed E-state index contributed by atoms with van der Waals surface area (Å²) in [4.78, 5) is 22.1. The fourth-order valence-electron chi connectivity index (χ4n) is 2.28. The summed E-state index contributed by atoms with van der Waals surface area (Å²) in [6, 6.07) is 7.06. The molecular formula is C13H13N5O3. The largest absolute Gasteiger partial charge is 0.481 e. The molecule has 1 aliphatic rings. The summed E-state index contributed by atoms with van der Waals surface area (Å²) in [5.74, 6) is -1.06. The first-order chi connectivity index (χ1) is 10.1. The summed E-state index contributed by atoms with van der Waals surface area (Å²) in [6.07, 6.45) is 0.543. The number of amides is 1. The molecule has 1 saturated carbocycles. The summed E-state index contributed by atoms with van der Waals surface area (Å²) in [6.45, 7) is 1.43. The van der Waals surface area contributed by atoms with Gasteiger partial charge in [-0.25, -0.2) is 0 Å². The highest BCUT2D eigenvalue weighted by molar-refractivity contribution is 5.88. The summed E-state index contributed by atoms with van der Waals surface area (Å²) in [5, 5.41) is 23.2. The van der Waals surface area contributed by atoms with Gasteiger partial charge in [-0.05, 0) is 35.0 Å². The van der Waals surface area contributed by atoms with Crippen molar-refractivity contribution in [2.75, 3.05) is 5.32 Å². The SMILES string of the molecule is CC(=O)Nc1cccc(-n2nnnc2C2CC2C(=O)O)c1. The molecule has 1 heterocycles. The zero-order valence-electron chi connectivity index (χ0n) is 11.2. The minimum Gasteiger partial charge on any atom is -0.481 e. The van der Waals surface area contributed by atoms with Crippen molar-refractivity contribution in [2.45, 2.75) is 19.3 Å². The lowest BCUT2D eigenvalue weighted by Crippen LogP contribution is -2.08. The molecule has 1 aromatic heterocycles. The number of carboxylic acid groups (broad SMARTS) is 1. The monoisotopic (exact) mass is 287 g/mol. The molecule has 8 heteroatoms. The minimum atomic E-state index is -0.832. The number of carbonyl (C=O) groups is 2. The van der Waals surface area contributed by atoms with E-state index in [1.54, 1.807) is 24.3 Å². The van der Waals surface area contributed by atoms with E-state index in [0.717, 1.165) is 0 Å². The van der Waals surface area contributed by atoms with Gasteiger partial charge in [0.05, 0.1) is 11.6 Å². The number of carboxylic acids is 1. The zero-order valence-corrected chi connectivity index (χ0v) is 11.2. The van der Waals surface area contributed by atoms with Crippen LogP contribution in [0.25, 0.3) is 5.69 Å². The van der Waals surface area contributed by atoms with Crippen LogP contribution in [-0.2, 0) is 9.59 Å². The van der Waals surface area contributed by atoms with E-state index >= 15 is 0 Å². The van der Waals surface area contributed by atoms with E-state index in [4.69, 9.17) is 5.11 Å². The fraction of sp³-hybridized carbons (Fsp3) is 0.308. The lowest BCUT2D eigenvalue weighted by molar-refractivity contribution is -0.138. The Hall–Kier alpha value is -2.77. The third-order valence-electron chi connectivity index (χ3n) is 3.34. The first-order valence-corrected chi connectivity index (χ1v) is 6.45. The summed E-state index contributed by atoms with van der Waals surface area (Å²) in [7, 11) is 0. The number of aromatic nitrogens is 4. The highest BCUT2D eigenvalue weighted by Crippen LogP contribution is 2.46. The van der Waals surface area contributed by atoms with E-state index in [0.29, 0.717) is 23.6 Å². The standard InChI is InChI=1S/C13H13N5O3/c1-7(19)14-8-3-2-4-9(5-8)18-12(15-16-17-18)10-6-11(10)13(20)21/h2-5,10-11H,6H2,1H3,(H,14,19)(H,20,21). The number of aliphatic carboxylic acids is 1. The van der Waals surface area contributed by atoms with Crippen molar-refractivity contribution in [3.63, 3.8) is 0 Å². The molecule has 0 radical (unpaired) electrons. The van der Waals surface area contributed by atoms with E-state index in [2.05, 4.69) is 20.8 Å². The molecular weight excluding hydrogens is 274 g/mol. The quantitative estimate of drug-likeness (QED) is 0.861. The van der Waals surface area contributed by atoms with Gasteiger partial charge in [-0.1, -0.05) is 6.07 Å². The molecule has 0 bridgehead atoms. The van der Waals surface area contributed by atoms with Crippen LogP contribution in [0.5, 0.6) is 0 Å². The molecule has 1 aromatic carbocycles. The molecule has 2 aromatic rings. The molecule has 0 saturated heterocycles. The molecule has 1 aliphatic carbocycles. The topological polar surface area (TPSA) is 110 Å². The van der Waals surface area contributed by atoms with Crippen molar-refractivity contribution in [2.24, 2.45) is 5.92 Å². The van der Waals surface area contributed by atoms with Gasteiger partial charge in [-0.2, -0.15) is 4.68 Å². The van der Waals surface area contributed by atoms with Gasteiger partial charge in [-0.15, -0.1) is 5.10 Å². The van der Waals surface area contributed by atoms with Crippen molar-refractivity contribution in [1.82, 2.24) is 20.2 Å². The highest BCUT2D eigenvalue weighted by atomic mass is 16.4. The number of hydrogen-bond acceptors (Lipinski definition) is 5. The Kier molecular flexibility index (Phi) is 3.13. The lowest BCUT2D eigenvalue weighted by Gasteiger charge is -2.07. The van der Waals surface area contributed by atoms with Gasteiger partial charge in [-0.3, -0.25) is 9.59 Å². The van der Waals surface area contributed by atoms with Crippen LogP contribution in [0.1, 0.15) is 25.1 Å². The number of benzene rings is 1. The van der Waals surface area contributed by atoms with Crippen molar-refractivity contribution in [3.05, 3.63) is 30.1 Å². The average molecular weight is 287 g/mol. The van der Waals surface area contributed by atoms with Gasteiger partial charge in [0.2, 0.25) is 5.91 Å². The molecule has 8 nitrogen and oxygen atoms in total. The number of tetrazole rings is 1. The average Bonchev–Trinajstić information content (AvgIpc) is 3.08. The molecule has 3 rings (SSSR count). The van der Waals surface area contributed by atoms with Crippen molar-refractivity contribution in [1.29, 1.82) is 0 Å². The molecule has 0 spiro atoms. The van der Waals surface area contributed by atoms with Gasteiger partial charge in [0.15, 0.2) is 5.82 Å². The molecule has 2 atom stereocenters. The predicted octanol–water partition coefficient (Wildman–Crippen LogP) is 0.809. The number of hydrogen-bond donors (Lipinski definition) is 2.